The average molecular weight is 127 g/mol. The summed E-state index contributed by atoms with van der Waals surface area (Å²) in [6.07, 6.45) is 0.687. The summed E-state index contributed by atoms with van der Waals surface area (Å²) < 4.78 is 0. The number of hydrogen-bond donors (Lipinski definition) is 1. The molecule has 1 aliphatic rings. The van der Waals surface area contributed by atoms with Gasteiger partial charge in [-0.2, -0.15) is 0 Å². The molecule has 1 saturated heterocycles. The molecule has 2 nitrogen and oxygen atoms in total. The molecular weight excluding hydrogens is 114 g/mol. The van der Waals surface area contributed by atoms with Crippen molar-refractivity contribution in [3.8, 4) is 0 Å². The predicted molar refractivity (Wildman–Crippen MR) is 36.0 cm³/mol. The number of amides is 1. The number of carbonyl (C=O) groups excluding carboxylic acids is 1. The van der Waals surface area contributed by atoms with Gasteiger partial charge in [-0.1, -0.05) is 6.92 Å². The van der Waals surface area contributed by atoms with Gasteiger partial charge in [-0.25, -0.2) is 0 Å². The van der Waals surface area contributed by atoms with Crippen molar-refractivity contribution in [3.05, 3.63) is 0 Å². The second kappa shape index (κ2) is 1.72. The van der Waals surface area contributed by atoms with Crippen molar-refractivity contribution in [1.29, 1.82) is 0 Å². The van der Waals surface area contributed by atoms with Crippen molar-refractivity contribution in [2.45, 2.75) is 32.7 Å². The van der Waals surface area contributed by atoms with Crippen molar-refractivity contribution in [2.75, 3.05) is 0 Å². The summed E-state index contributed by atoms with van der Waals surface area (Å²) >= 11 is 0. The van der Waals surface area contributed by atoms with Crippen LogP contribution in [-0.2, 0) is 4.79 Å². The number of carbonyl (C=O) groups is 1. The van der Waals surface area contributed by atoms with E-state index >= 15 is 0 Å². The molecule has 0 radical (unpaired) electrons. The van der Waals surface area contributed by atoms with Crippen LogP contribution in [0.1, 0.15) is 27.2 Å². The van der Waals surface area contributed by atoms with Crippen LogP contribution in [0.4, 0.5) is 0 Å². The smallest absolute Gasteiger partial charge is 0.220 e. The Bertz CT molecular complexity index is 140. The van der Waals surface area contributed by atoms with Gasteiger partial charge in [-0.15, -0.1) is 0 Å². The fourth-order valence-corrected chi connectivity index (χ4v) is 1.07. The minimum atomic E-state index is 0.0249. The van der Waals surface area contributed by atoms with Gasteiger partial charge in [0, 0.05) is 12.0 Å². The lowest BCUT2D eigenvalue weighted by molar-refractivity contribution is -0.119. The van der Waals surface area contributed by atoms with E-state index < -0.39 is 0 Å². The van der Waals surface area contributed by atoms with Crippen molar-refractivity contribution < 1.29 is 4.79 Å². The van der Waals surface area contributed by atoms with Crippen LogP contribution in [-0.4, -0.2) is 11.4 Å². The molecule has 0 unspecified atom stereocenters. The van der Waals surface area contributed by atoms with Crippen LogP contribution in [0.25, 0.3) is 0 Å². The summed E-state index contributed by atoms with van der Waals surface area (Å²) in [6, 6.07) is 0. The van der Waals surface area contributed by atoms with E-state index in [0.717, 1.165) is 0 Å². The summed E-state index contributed by atoms with van der Waals surface area (Å²) in [7, 11) is 0. The Kier molecular flexibility index (Phi) is 1.26. The topological polar surface area (TPSA) is 29.1 Å². The number of nitrogens with one attached hydrogen (secondary N) is 1. The molecule has 0 spiro atoms. The summed E-state index contributed by atoms with van der Waals surface area (Å²) in [5, 5.41) is 2.90. The highest BCUT2D eigenvalue weighted by Crippen LogP contribution is 2.25. The van der Waals surface area contributed by atoms with Crippen molar-refractivity contribution in [1.82, 2.24) is 5.32 Å². The Balaban J connectivity index is 2.69. The first kappa shape index (κ1) is 6.59. The monoisotopic (exact) mass is 127 g/mol. The summed E-state index contributed by atoms with van der Waals surface area (Å²) in [5.41, 5.74) is 0.0249. The van der Waals surface area contributed by atoms with E-state index in [0.29, 0.717) is 12.3 Å². The first-order chi connectivity index (χ1) is 4.02. The molecule has 1 fully saturated rings. The third-order valence-corrected chi connectivity index (χ3v) is 2.19. The van der Waals surface area contributed by atoms with Crippen LogP contribution in [0.5, 0.6) is 0 Å². The normalized spacial score (nSPS) is 32.3. The van der Waals surface area contributed by atoms with Gasteiger partial charge in [0.25, 0.3) is 0 Å². The van der Waals surface area contributed by atoms with Crippen LogP contribution >= 0.6 is 0 Å². The van der Waals surface area contributed by atoms with Gasteiger partial charge in [0.2, 0.25) is 5.91 Å². The van der Waals surface area contributed by atoms with Crippen LogP contribution < -0.4 is 5.32 Å². The molecule has 9 heavy (non-hydrogen) atoms. The Morgan fingerprint density at radius 1 is 1.67 bits per heavy atom. The lowest BCUT2D eigenvalue weighted by Crippen LogP contribution is -2.38. The number of rotatable bonds is 0. The molecule has 0 aromatic carbocycles. The molecule has 52 valence electrons. The van der Waals surface area contributed by atoms with E-state index in [2.05, 4.69) is 26.1 Å². The van der Waals surface area contributed by atoms with E-state index in [1.165, 1.54) is 0 Å². The van der Waals surface area contributed by atoms with Gasteiger partial charge in [0.05, 0.1) is 0 Å². The fourth-order valence-electron chi connectivity index (χ4n) is 1.07. The maximum Gasteiger partial charge on any atom is 0.220 e. The second-order valence-corrected chi connectivity index (χ2v) is 3.38. The Labute approximate surface area is 55.6 Å². The highest BCUT2D eigenvalue weighted by molar-refractivity contribution is 5.79. The molecule has 1 amide bonds. The Hall–Kier alpha value is -0.530. The van der Waals surface area contributed by atoms with Gasteiger partial charge >= 0.3 is 0 Å². The third-order valence-electron chi connectivity index (χ3n) is 2.19. The highest BCUT2D eigenvalue weighted by atomic mass is 16.2. The van der Waals surface area contributed by atoms with Crippen LogP contribution in [0.2, 0.25) is 0 Å². The van der Waals surface area contributed by atoms with Crippen molar-refractivity contribution in [3.63, 3.8) is 0 Å². The molecule has 0 aliphatic carbocycles. The SMILES string of the molecule is C[C@@H]1CC(=O)NC1(C)C. The van der Waals surface area contributed by atoms with Gasteiger partial charge in [-0.3, -0.25) is 4.79 Å². The maximum absolute atomic E-state index is 10.8. The summed E-state index contributed by atoms with van der Waals surface area (Å²) in [4.78, 5) is 10.8. The average Bonchev–Trinajstić information content (AvgIpc) is 1.79. The predicted octanol–water partition coefficient (Wildman–Crippen LogP) is 0.921. The zero-order valence-corrected chi connectivity index (χ0v) is 6.19. The van der Waals surface area contributed by atoms with Crippen LogP contribution in [0.15, 0.2) is 0 Å². The Morgan fingerprint density at radius 2 is 2.22 bits per heavy atom. The molecule has 0 aromatic rings. The first-order valence-corrected chi connectivity index (χ1v) is 3.33. The standard InChI is InChI=1S/C7H13NO/c1-5-4-6(9)8-7(5,2)3/h5H,4H2,1-3H3,(H,8,9)/t5-/m1/s1. The minimum absolute atomic E-state index is 0.0249. The summed E-state index contributed by atoms with van der Waals surface area (Å²) in [5.74, 6) is 0.664. The van der Waals surface area contributed by atoms with E-state index in [4.69, 9.17) is 0 Å². The molecule has 1 atom stereocenters. The molecule has 0 bridgehead atoms. The highest BCUT2D eigenvalue weighted by Gasteiger charge is 2.35. The molecule has 1 heterocycles. The van der Waals surface area contributed by atoms with E-state index in [9.17, 15) is 4.79 Å². The van der Waals surface area contributed by atoms with E-state index in [1.54, 1.807) is 0 Å². The maximum atomic E-state index is 10.8. The quantitative estimate of drug-likeness (QED) is 0.515. The molecule has 1 N–H and O–H groups in total. The molecule has 1 rings (SSSR count). The van der Waals surface area contributed by atoms with Gasteiger partial charge < -0.3 is 5.32 Å². The van der Waals surface area contributed by atoms with Crippen molar-refractivity contribution in [2.24, 2.45) is 5.92 Å². The molecule has 0 saturated carbocycles. The molecule has 1 aliphatic heterocycles. The third kappa shape index (κ3) is 1.07. The van der Waals surface area contributed by atoms with Crippen molar-refractivity contribution >= 4 is 5.91 Å². The van der Waals surface area contributed by atoms with E-state index in [1.807, 2.05) is 0 Å². The van der Waals surface area contributed by atoms with E-state index in [-0.39, 0.29) is 11.4 Å². The minimum Gasteiger partial charge on any atom is -0.351 e. The zero-order valence-electron chi connectivity index (χ0n) is 6.19. The van der Waals surface area contributed by atoms with Crippen LogP contribution in [0.3, 0.4) is 0 Å². The first-order valence-electron chi connectivity index (χ1n) is 3.33. The zero-order chi connectivity index (χ0) is 7.07. The van der Waals surface area contributed by atoms with Gasteiger partial charge in [-0.05, 0) is 19.8 Å². The molecular formula is C7H13NO. The fraction of sp³-hybridized carbons (Fsp3) is 0.857. The largest absolute Gasteiger partial charge is 0.351 e. The lowest BCUT2D eigenvalue weighted by Gasteiger charge is -2.22. The van der Waals surface area contributed by atoms with Gasteiger partial charge in [0.1, 0.15) is 0 Å². The second-order valence-electron chi connectivity index (χ2n) is 3.38. The molecule has 2 heteroatoms. The lowest BCUT2D eigenvalue weighted by atomic mass is 9.91. The number of hydrogen-bond acceptors (Lipinski definition) is 1. The Morgan fingerprint density at radius 3 is 2.33 bits per heavy atom. The molecule has 0 aromatic heterocycles. The van der Waals surface area contributed by atoms with Crippen LogP contribution in [0, 0.1) is 5.92 Å². The van der Waals surface area contributed by atoms with Gasteiger partial charge in [0.15, 0.2) is 0 Å². The summed E-state index contributed by atoms with van der Waals surface area (Å²) in [6.45, 7) is 6.21.